The summed E-state index contributed by atoms with van der Waals surface area (Å²) in [6.45, 7) is 5.12. The Bertz CT molecular complexity index is 744. The van der Waals surface area contributed by atoms with E-state index >= 15 is 0 Å². The lowest BCUT2D eigenvalue weighted by molar-refractivity contribution is -0.122. The van der Waals surface area contributed by atoms with Gasteiger partial charge < -0.3 is 20.1 Å². The smallest absolute Gasteiger partial charge is 0.257 e. The summed E-state index contributed by atoms with van der Waals surface area (Å²) in [7, 11) is 0. The van der Waals surface area contributed by atoms with E-state index in [2.05, 4.69) is 17.6 Å². The molecule has 0 aliphatic heterocycles. The zero-order valence-corrected chi connectivity index (χ0v) is 15.8. The molecule has 0 saturated carbocycles. The van der Waals surface area contributed by atoms with Crippen molar-refractivity contribution in [2.45, 2.75) is 26.7 Å². The van der Waals surface area contributed by atoms with Gasteiger partial charge in [0, 0.05) is 23.9 Å². The summed E-state index contributed by atoms with van der Waals surface area (Å²) < 4.78 is 11.0. The van der Waals surface area contributed by atoms with E-state index in [1.165, 1.54) is 0 Å². The first kappa shape index (κ1) is 20.3. The molecule has 0 spiro atoms. The van der Waals surface area contributed by atoms with Crippen LogP contribution < -0.4 is 20.1 Å². The monoisotopic (exact) mass is 370 g/mol. The Hall–Kier alpha value is -3.02. The number of hydrogen-bond acceptors (Lipinski definition) is 4. The summed E-state index contributed by atoms with van der Waals surface area (Å²) in [6, 6.07) is 14.0. The zero-order valence-electron chi connectivity index (χ0n) is 15.8. The van der Waals surface area contributed by atoms with Crippen LogP contribution in [0.25, 0.3) is 0 Å². The number of rotatable bonds is 10. The summed E-state index contributed by atoms with van der Waals surface area (Å²) >= 11 is 0. The zero-order chi connectivity index (χ0) is 19.5. The Morgan fingerprint density at radius 3 is 2.44 bits per heavy atom. The minimum atomic E-state index is -0.226. The number of anilines is 1. The number of benzene rings is 2. The molecule has 0 atom stereocenters. The van der Waals surface area contributed by atoms with Crippen LogP contribution in [0.2, 0.25) is 0 Å². The molecule has 0 aromatic heterocycles. The summed E-state index contributed by atoms with van der Waals surface area (Å²) in [5.41, 5.74) is 1.13. The molecule has 2 rings (SSSR count). The van der Waals surface area contributed by atoms with Gasteiger partial charge in [-0.2, -0.15) is 0 Å². The fourth-order valence-corrected chi connectivity index (χ4v) is 2.30. The van der Waals surface area contributed by atoms with Crippen molar-refractivity contribution in [2.24, 2.45) is 0 Å². The first-order valence-electron chi connectivity index (χ1n) is 9.16. The quantitative estimate of drug-likeness (QED) is 0.626. The minimum Gasteiger partial charge on any atom is -0.494 e. The van der Waals surface area contributed by atoms with Crippen LogP contribution in [0.3, 0.4) is 0 Å². The summed E-state index contributed by atoms with van der Waals surface area (Å²) in [5, 5.41) is 5.48. The third kappa shape index (κ3) is 7.01. The Labute approximate surface area is 159 Å². The third-order valence-corrected chi connectivity index (χ3v) is 3.72. The van der Waals surface area contributed by atoms with Crippen molar-refractivity contribution < 1.29 is 19.1 Å². The van der Waals surface area contributed by atoms with Crippen LogP contribution in [0.1, 0.15) is 37.0 Å². The van der Waals surface area contributed by atoms with Crippen LogP contribution in [0.5, 0.6) is 11.5 Å². The Morgan fingerprint density at radius 1 is 0.963 bits per heavy atom. The maximum absolute atomic E-state index is 12.4. The van der Waals surface area contributed by atoms with E-state index in [0.717, 1.165) is 18.6 Å². The lowest BCUT2D eigenvalue weighted by atomic mass is 10.2. The highest BCUT2D eigenvalue weighted by molar-refractivity contribution is 6.04. The lowest BCUT2D eigenvalue weighted by Crippen LogP contribution is -2.28. The van der Waals surface area contributed by atoms with Gasteiger partial charge in [-0.3, -0.25) is 9.59 Å². The first-order valence-corrected chi connectivity index (χ1v) is 9.16. The number of likely N-dealkylation sites (N-methyl/N-ethyl adjacent to an activating group) is 1. The maximum atomic E-state index is 12.4. The van der Waals surface area contributed by atoms with Crippen molar-refractivity contribution >= 4 is 17.5 Å². The molecule has 2 aromatic rings. The molecule has 0 saturated heterocycles. The molecule has 0 bridgehead atoms. The number of amides is 2. The Balaban J connectivity index is 1.91. The van der Waals surface area contributed by atoms with Gasteiger partial charge in [-0.15, -0.1) is 0 Å². The highest BCUT2D eigenvalue weighted by atomic mass is 16.5. The van der Waals surface area contributed by atoms with Gasteiger partial charge in [0.25, 0.3) is 11.8 Å². The molecular formula is C21H26N2O4. The minimum absolute atomic E-state index is 0.0647. The number of hydrogen-bond donors (Lipinski definition) is 2. The molecule has 0 radical (unpaired) electrons. The van der Waals surface area contributed by atoms with Gasteiger partial charge in [-0.05, 0) is 49.7 Å². The molecule has 0 aliphatic carbocycles. The van der Waals surface area contributed by atoms with Crippen LogP contribution in [-0.2, 0) is 4.79 Å². The van der Waals surface area contributed by atoms with Gasteiger partial charge in [0.15, 0.2) is 6.61 Å². The van der Waals surface area contributed by atoms with Crippen molar-refractivity contribution in [3.8, 4) is 11.5 Å². The van der Waals surface area contributed by atoms with E-state index in [0.29, 0.717) is 30.2 Å². The molecule has 0 unspecified atom stereocenters. The van der Waals surface area contributed by atoms with Gasteiger partial charge in [0.05, 0.1) is 6.61 Å². The standard InChI is InChI=1S/C21H26N2O4/c1-3-5-13-26-18-11-9-16(10-12-18)21(25)23-17-7-6-8-19(14-17)27-15-20(24)22-4-2/h6-12,14H,3-5,13,15H2,1-2H3,(H,22,24)(H,23,25). The van der Waals surface area contributed by atoms with Crippen LogP contribution in [0.4, 0.5) is 5.69 Å². The molecule has 27 heavy (non-hydrogen) atoms. The average Bonchev–Trinajstić information content (AvgIpc) is 2.68. The maximum Gasteiger partial charge on any atom is 0.257 e. The fourth-order valence-electron chi connectivity index (χ4n) is 2.30. The van der Waals surface area contributed by atoms with Crippen LogP contribution in [0.15, 0.2) is 48.5 Å². The highest BCUT2D eigenvalue weighted by Crippen LogP contribution is 2.19. The number of carbonyl (C=O) groups excluding carboxylic acids is 2. The van der Waals surface area contributed by atoms with Crippen molar-refractivity contribution in [1.29, 1.82) is 0 Å². The molecule has 0 heterocycles. The van der Waals surface area contributed by atoms with Gasteiger partial charge >= 0.3 is 0 Å². The van der Waals surface area contributed by atoms with Crippen molar-refractivity contribution in [2.75, 3.05) is 25.1 Å². The van der Waals surface area contributed by atoms with Gasteiger partial charge in [0.2, 0.25) is 0 Å². The van der Waals surface area contributed by atoms with E-state index in [9.17, 15) is 9.59 Å². The summed E-state index contributed by atoms with van der Waals surface area (Å²) in [6.07, 6.45) is 2.08. The van der Waals surface area contributed by atoms with E-state index < -0.39 is 0 Å². The number of nitrogens with one attached hydrogen (secondary N) is 2. The number of unbranched alkanes of at least 4 members (excludes halogenated alkanes) is 1. The van der Waals surface area contributed by atoms with Crippen molar-refractivity contribution in [3.05, 3.63) is 54.1 Å². The van der Waals surface area contributed by atoms with Crippen molar-refractivity contribution in [1.82, 2.24) is 5.32 Å². The van der Waals surface area contributed by atoms with Gasteiger partial charge in [-0.25, -0.2) is 0 Å². The second-order valence-corrected chi connectivity index (χ2v) is 5.95. The van der Waals surface area contributed by atoms with Crippen LogP contribution in [-0.4, -0.2) is 31.6 Å². The molecule has 0 fully saturated rings. The van der Waals surface area contributed by atoms with E-state index in [-0.39, 0.29) is 18.4 Å². The molecule has 2 N–H and O–H groups in total. The van der Waals surface area contributed by atoms with Crippen molar-refractivity contribution in [3.63, 3.8) is 0 Å². The molecule has 2 aromatic carbocycles. The van der Waals surface area contributed by atoms with E-state index in [4.69, 9.17) is 9.47 Å². The number of ether oxygens (including phenoxy) is 2. The second-order valence-electron chi connectivity index (χ2n) is 5.95. The van der Waals surface area contributed by atoms with Crippen LogP contribution in [0, 0.1) is 0 Å². The molecule has 0 aliphatic rings. The summed E-state index contributed by atoms with van der Waals surface area (Å²) in [4.78, 5) is 23.8. The molecular weight excluding hydrogens is 344 g/mol. The first-order chi connectivity index (χ1) is 13.1. The van der Waals surface area contributed by atoms with Crippen LogP contribution >= 0.6 is 0 Å². The SMILES string of the molecule is CCCCOc1ccc(C(=O)Nc2cccc(OCC(=O)NCC)c2)cc1. The van der Waals surface area contributed by atoms with E-state index in [1.54, 1.807) is 48.5 Å². The molecule has 144 valence electrons. The topological polar surface area (TPSA) is 76.7 Å². The Kier molecular flexibility index (Phi) is 8.16. The van der Waals surface area contributed by atoms with Gasteiger partial charge in [-0.1, -0.05) is 19.4 Å². The highest BCUT2D eigenvalue weighted by Gasteiger charge is 2.08. The Morgan fingerprint density at radius 2 is 1.74 bits per heavy atom. The molecule has 6 heteroatoms. The van der Waals surface area contributed by atoms with E-state index in [1.807, 2.05) is 6.92 Å². The normalized spacial score (nSPS) is 10.1. The molecule has 2 amide bonds. The molecule has 6 nitrogen and oxygen atoms in total. The predicted octanol–water partition coefficient (Wildman–Crippen LogP) is 3.63. The second kappa shape index (κ2) is 10.9. The summed E-state index contributed by atoms with van der Waals surface area (Å²) in [5.74, 6) is 0.851. The fraction of sp³-hybridized carbons (Fsp3) is 0.333. The van der Waals surface area contributed by atoms with Gasteiger partial charge in [0.1, 0.15) is 11.5 Å². The number of carbonyl (C=O) groups is 2. The predicted molar refractivity (Wildman–Crippen MR) is 105 cm³/mol. The largest absolute Gasteiger partial charge is 0.494 e. The lowest BCUT2D eigenvalue weighted by Gasteiger charge is -2.10. The average molecular weight is 370 g/mol. The third-order valence-electron chi connectivity index (χ3n) is 3.72.